The normalized spacial score (nSPS) is 25.9. The zero-order valence-electron chi connectivity index (χ0n) is 9.86. The minimum atomic E-state index is 0.551. The van der Waals surface area contributed by atoms with Crippen molar-refractivity contribution in [1.82, 2.24) is 14.9 Å². The van der Waals surface area contributed by atoms with E-state index >= 15 is 0 Å². The Bertz CT molecular complexity index is 335. The molecule has 1 unspecified atom stereocenters. The smallest absolute Gasteiger partial charge is 0.0948 e. The Labute approximate surface area is 97.3 Å². The lowest BCUT2D eigenvalue weighted by Gasteiger charge is -2.24. The molecule has 3 heteroatoms. The maximum absolute atomic E-state index is 4.32. The summed E-state index contributed by atoms with van der Waals surface area (Å²) >= 11 is 0. The van der Waals surface area contributed by atoms with E-state index in [1.807, 2.05) is 6.33 Å². The van der Waals surface area contributed by atoms with E-state index < -0.39 is 0 Å². The van der Waals surface area contributed by atoms with Crippen LogP contribution < -0.4 is 5.32 Å². The molecule has 3 nitrogen and oxygen atoms in total. The summed E-state index contributed by atoms with van der Waals surface area (Å²) < 4.78 is 2.36. The van der Waals surface area contributed by atoms with Gasteiger partial charge >= 0.3 is 0 Å². The topological polar surface area (TPSA) is 29.9 Å². The van der Waals surface area contributed by atoms with Crippen molar-refractivity contribution in [3.05, 3.63) is 18.2 Å². The molecule has 1 aromatic rings. The fourth-order valence-electron chi connectivity index (χ4n) is 2.64. The Kier molecular flexibility index (Phi) is 2.96. The highest BCUT2D eigenvalue weighted by molar-refractivity contribution is 5.06. The molecular weight excluding hydrogens is 198 g/mol. The van der Waals surface area contributed by atoms with Crippen LogP contribution in [-0.2, 0) is 6.54 Å². The van der Waals surface area contributed by atoms with Gasteiger partial charge in [0.15, 0.2) is 0 Å². The maximum Gasteiger partial charge on any atom is 0.0948 e. The Morgan fingerprint density at radius 2 is 2.25 bits per heavy atom. The van der Waals surface area contributed by atoms with Gasteiger partial charge in [-0.1, -0.05) is 19.3 Å². The molecule has 2 fully saturated rings. The van der Waals surface area contributed by atoms with Gasteiger partial charge in [0, 0.05) is 18.8 Å². The first kappa shape index (κ1) is 10.3. The molecule has 0 spiro atoms. The molecule has 16 heavy (non-hydrogen) atoms. The summed E-state index contributed by atoms with van der Waals surface area (Å²) in [5, 5.41) is 3.60. The molecule has 1 N–H and O–H groups in total. The SMILES string of the molecule is c1ncn(CCC2CC2)c1C1CCCCN1. The summed E-state index contributed by atoms with van der Waals surface area (Å²) in [4.78, 5) is 4.32. The molecule has 1 saturated heterocycles. The number of aryl methyl sites for hydroxylation is 1. The Hall–Kier alpha value is -0.830. The Balaban J connectivity index is 1.65. The van der Waals surface area contributed by atoms with Gasteiger partial charge in [0.2, 0.25) is 0 Å². The van der Waals surface area contributed by atoms with Crippen molar-refractivity contribution in [2.45, 2.75) is 51.1 Å². The van der Waals surface area contributed by atoms with E-state index in [-0.39, 0.29) is 0 Å². The standard InChI is InChI=1S/C13H21N3/c1-2-7-15-12(3-1)13-9-14-10-16(13)8-6-11-4-5-11/h9-12,15H,1-8H2. The van der Waals surface area contributed by atoms with Crippen LogP contribution in [0, 0.1) is 5.92 Å². The number of nitrogens with one attached hydrogen (secondary N) is 1. The van der Waals surface area contributed by atoms with Crippen molar-refractivity contribution >= 4 is 0 Å². The second-order valence-electron chi connectivity index (χ2n) is 5.25. The summed E-state index contributed by atoms with van der Waals surface area (Å²) in [6, 6.07) is 0.551. The van der Waals surface area contributed by atoms with Gasteiger partial charge in [-0.15, -0.1) is 0 Å². The molecule has 0 bridgehead atoms. The molecule has 0 radical (unpaired) electrons. The highest BCUT2D eigenvalue weighted by Gasteiger charge is 2.22. The average molecular weight is 219 g/mol. The third-order valence-electron chi connectivity index (χ3n) is 3.89. The van der Waals surface area contributed by atoms with Crippen molar-refractivity contribution in [2.75, 3.05) is 6.54 Å². The van der Waals surface area contributed by atoms with E-state index in [2.05, 4.69) is 21.1 Å². The van der Waals surface area contributed by atoms with Crippen LogP contribution in [0.1, 0.15) is 50.3 Å². The lowest BCUT2D eigenvalue weighted by molar-refractivity contribution is 0.390. The quantitative estimate of drug-likeness (QED) is 0.843. The Morgan fingerprint density at radius 3 is 3.00 bits per heavy atom. The fraction of sp³-hybridized carbons (Fsp3) is 0.769. The largest absolute Gasteiger partial charge is 0.333 e. The van der Waals surface area contributed by atoms with Gasteiger partial charge in [-0.3, -0.25) is 0 Å². The summed E-state index contributed by atoms with van der Waals surface area (Å²) in [6.45, 7) is 2.33. The third-order valence-corrected chi connectivity index (χ3v) is 3.89. The predicted molar refractivity (Wildman–Crippen MR) is 64.2 cm³/mol. The highest BCUT2D eigenvalue weighted by Crippen LogP contribution is 2.33. The number of imidazole rings is 1. The van der Waals surface area contributed by atoms with E-state index in [0.29, 0.717) is 6.04 Å². The van der Waals surface area contributed by atoms with Crippen LogP contribution >= 0.6 is 0 Å². The predicted octanol–water partition coefficient (Wildman–Crippen LogP) is 2.50. The van der Waals surface area contributed by atoms with Crippen LogP contribution in [0.25, 0.3) is 0 Å². The first-order chi connectivity index (χ1) is 7.93. The zero-order valence-corrected chi connectivity index (χ0v) is 9.86. The molecule has 2 aliphatic rings. The summed E-state index contributed by atoms with van der Waals surface area (Å²) in [5.74, 6) is 1.01. The van der Waals surface area contributed by atoms with Crippen LogP contribution in [0.5, 0.6) is 0 Å². The number of aromatic nitrogens is 2. The van der Waals surface area contributed by atoms with Crippen LogP contribution in [-0.4, -0.2) is 16.1 Å². The van der Waals surface area contributed by atoms with Crippen LogP contribution in [0.4, 0.5) is 0 Å². The van der Waals surface area contributed by atoms with Crippen molar-refractivity contribution in [2.24, 2.45) is 5.92 Å². The number of piperidine rings is 1. The number of nitrogens with zero attached hydrogens (tertiary/aromatic N) is 2. The van der Waals surface area contributed by atoms with Crippen LogP contribution in [0.2, 0.25) is 0 Å². The monoisotopic (exact) mass is 219 g/mol. The molecule has 0 amide bonds. The van der Waals surface area contributed by atoms with Crippen molar-refractivity contribution < 1.29 is 0 Å². The maximum atomic E-state index is 4.32. The minimum Gasteiger partial charge on any atom is -0.333 e. The van der Waals surface area contributed by atoms with E-state index in [1.54, 1.807) is 0 Å². The molecule has 2 heterocycles. The van der Waals surface area contributed by atoms with Gasteiger partial charge < -0.3 is 9.88 Å². The van der Waals surface area contributed by atoms with E-state index in [1.165, 1.54) is 50.8 Å². The van der Waals surface area contributed by atoms with Gasteiger partial charge in [0.05, 0.1) is 12.0 Å². The summed E-state index contributed by atoms with van der Waals surface area (Å²) in [5.41, 5.74) is 1.40. The molecule has 88 valence electrons. The second kappa shape index (κ2) is 4.58. The van der Waals surface area contributed by atoms with Gasteiger partial charge in [-0.25, -0.2) is 4.98 Å². The third kappa shape index (κ3) is 2.29. The van der Waals surface area contributed by atoms with E-state index in [9.17, 15) is 0 Å². The van der Waals surface area contributed by atoms with Crippen molar-refractivity contribution in [1.29, 1.82) is 0 Å². The molecule has 1 saturated carbocycles. The lowest BCUT2D eigenvalue weighted by Crippen LogP contribution is -2.28. The molecule has 1 aliphatic carbocycles. The molecule has 3 rings (SSSR count). The Morgan fingerprint density at radius 1 is 1.31 bits per heavy atom. The molecular formula is C13H21N3. The number of rotatable bonds is 4. The van der Waals surface area contributed by atoms with Gasteiger partial charge in [-0.05, 0) is 31.7 Å². The molecule has 1 aromatic heterocycles. The zero-order chi connectivity index (χ0) is 10.8. The van der Waals surface area contributed by atoms with E-state index in [4.69, 9.17) is 0 Å². The molecule has 1 aliphatic heterocycles. The second-order valence-corrected chi connectivity index (χ2v) is 5.25. The van der Waals surface area contributed by atoms with Crippen molar-refractivity contribution in [3.8, 4) is 0 Å². The minimum absolute atomic E-state index is 0.551. The summed E-state index contributed by atoms with van der Waals surface area (Å²) in [6.07, 6.45) is 12.3. The molecule has 0 aromatic carbocycles. The van der Waals surface area contributed by atoms with Crippen molar-refractivity contribution in [3.63, 3.8) is 0 Å². The van der Waals surface area contributed by atoms with Gasteiger partial charge in [0.1, 0.15) is 0 Å². The van der Waals surface area contributed by atoms with Crippen LogP contribution in [0.3, 0.4) is 0 Å². The number of hydrogen-bond donors (Lipinski definition) is 1. The van der Waals surface area contributed by atoms with Crippen LogP contribution in [0.15, 0.2) is 12.5 Å². The lowest BCUT2D eigenvalue weighted by atomic mass is 10.0. The first-order valence-corrected chi connectivity index (χ1v) is 6.67. The average Bonchev–Trinajstić information content (AvgIpc) is 3.05. The molecule has 1 atom stereocenters. The first-order valence-electron chi connectivity index (χ1n) is 6.67. The number of hydrogen-bond acceptors (Lipinski definition) is 2. The van der Waals surface area contributed by atoms with E-state index in [0.717, 1.165) is 12.5 Å². The fourth-order valence-corrected chi connectivity index (χ4v) is 2.64. The van der Waals surface area contributed by atoms with Gasteiger partial charge in [0.25, 0.3) is 0 Å². The van der Waals surface area contributed by atoms with Gasteiger partial charge in [-0.2, -0.15) is 0 Å². The summed E-state index contributed by atoms with van der Waals surface area (Å²) in [7, 11) is 0. The highest BCUT2D eigenvalue weighted by atomic mass is 15.1.